The number of carbonyl (C=O) groups excluding carboxylic acids is 1. The molecule has 0 saturated carbocycles. The highest BCUT2D eigenvalue weighted by Gasteiger charge is 1.86. The highest BCUT2D eigenvalue weighted by molar-refractivity contribution is 5.50. The zero-order chi connectivity index (χ0) is 6.95. The predicted molar refractivity (Wildman–Crippen MR) is 36.0 cm³/mol. The number of ether oxygens (including phenoxy) is 1. The topological polar surface area (TPSA) is 26.3 Å². The molecule has 0 spiro atoms. The molecule has 1 radical (unpaired) electrons. The molecule has 2 heteroatoms. The van der Waals surface area contributed by atoms with E-state index < -0.39 is 0 Å². The summed E-state index contributed by atoms with van der Waals surface area (Å²) in [6.45, 7) is 3.51. The van der Waals surface area contributed by atoms with Gasteiger partial charge in [-0.2, -0.15) is 0 Å². The Hall–Kier alpha value is -0.370. The van der Waals surface area contributed by atoms with E-state index in [0.29, 0.717) is 6.42 Å². The Morgan fingerprint density at radius 2 is 2.22 bits per heavy atom. The van der Waals surface area contributed by atoms with Crippen molar-refractivity contribution in [3.63, 3.8) is 0 Å². The van der Waals surface area contributed by atoms with Gasteiger partial charge in [-0.3, -0.25) is 4.79 Å². The molecule has 0 N–H and O–H groups in total. The third-order valence-electron chi connectivity index (χ3n) is 1.02. The normalized spacial score (nSPS) is 9.44. The molecule has 0 aliphatic carbocycles. The van der Waals surface area contributed by atoms with Crippen molar-refractivity contribution < 1.29 is 9.53 Å². The van der Waals surface area contributed by atoms with Gasteiger partial charge < -0.3 is 4.74 Å². The maximum atomic E-state index is 9.67. The molecule has 0 aromatic rings. The number of unbranched alkanes of at least 4 members (excludes halogenated alkanes) is 2. The highest BCUT2D eigenvalue weighted by Crippen LogP contribution is 1.91. The standard InChI is InChI=1S/C7H13O2/c1-2-9-7-5-3-4-6-8/h2-5,7H2,1H3. The van der Waals surface area contributed by atoms with E-state index in [1.165, 1.54) is 0 Å². The Balaban J connectivity index is 2.66. The van der Waals surface area contributed by atoms with Gasteiger partial charge in [-0.15, -0.1) is 0 Å². The second-order valence-corrected chi connectivity index (χ2v) is 1.80. The van der Waals surface area contributed by atoms with Gasteiger partial charge in [0.15, 0.2) is 6.29 Å². The zero-order valence-corrected chi connectivity index (χ0v) is 5.85. The van der Waals surface area contributed by atoms with Gasteiger partial charge in [0.05, 0.1) is 0 Å². The van der Waals surface area contributed by atoms with E-state index in [2.05, 4.69) is 0 Å². The maximum absolute atomic E-state index is 9.67. The van der Waals surface area contributed by atoms with E-state index in [-0.39, 0.29) is 0 Å². The summed E-state index contributed by atoms with van der Waals surface area (Å²) in [7, 11) is 0. The number of rotatable bonds is 6. The van der Waals surface area contributed by atoms with Crippen LogP contribution < -0.4 is 0 Å². The van der Waals surface area contributed by atoms with Crippen molar-refractivity contribution in [1.82, 2.24) is 0 Å². The first-order valence-corrected chi connectivity index (χ1v) is 3.34. The summed E-state index contributed by atoms with van der Waals surface area (Å²) >= 11 is 0. The molecule has 2 nitrogen and oxygen atoms in total. The molecule has 0 fully saturated rings. The predicted octanol–water partition coefficient (Wildman–Crippen LogP) is 1.30. The van der Waals surface area contributed by atoms with Crippen molar-refractivity contribution in [3.05, 3.63) is 0 Å². The van der Waals surface area contributed by atoms with E-state index in [0.717, 1.165) is 26.1 Å². The summed E-state index contributed by atoms with van der Waals surface area (Å²) < 4.78 is 5.05. The second-order valence-electron chi connectivity index (χ2n) is 1.80. The van der Waals surface area contributed by atoms with E-state index in [1.807, 2.05) is 13.2 Å². The van der Waals surface area contributed by atoms with E-state index in [4.69, 9.17) is 4.74 Å². The lowest BCUT2D eigenvalue weighted by molar-refractivity contribution is 0.144. The average molecular weight is 129 g/mol. The molecule has 0 aromatic heterocycles. The van der Waals surface area contributed by atoms with Gasteiger partial charge in [0.2, 0.25) is 0 Å². The number of hydrogen-bond acceptors (Lipinski definition) is 2. The van der Waals surface area contributed by atoms with Crippen LogP contribution >= 0.6 is 0 Å². The maximum Gasteiger partial charge on any atom is 0.198 e. The minimum absolute atomic E-state index is 0.549. The first-order valence-electron chi connectivity index (χ1n) is 3.34. The van der Waals surface area contributed by atoms with Crippen molar-refractivity contribution in [3.8, 4) is 0 Å². The van der Waals surface area contributed by atoms with Gasteiger partial charge in [0, 0.05) is 19.6 Å². The zero-order valence-electron chi connectivity index (χ0n) is 5.85. The third kappa shape index (κ3) is 7.63. The summed E-state index contributed by atoms with van der Waals surface area (Å²) in [5.41, 5.74) is 0. The van der Waals surface area contributed by atoms with E-state index in [1.54, 1.807) is 0 Å². The fourth-order valence-electron chi connectivity index (χ4n) is 0.546. The van der Waals surface area contributed by atoms with Crippen LogP contribution in [0.25, 0.3) is 0 Å². The quantitative estimate of drug-likeness (QED) is 0.505. The Kier molecular flexibility index (Phi) is 7.32. The van der Waals surface area contributed by atoms with Crippen LogP contribution in [0.5, 0.6) is 0 Å². The minimum Gasteiger partial charge on any atom is -0.382 e. The van der Waals surface area contributed by atoms with Crippen LogP contribution in [0, 0.1) is 0 Å². The molecule has 9 heavy (non-hydrogen) atoms. The van der Waals surface area contributed by atoms with Crippen LogP contribution in [0.3, 0.4) is 0 Å². The highest BCUT2D eigenvalue weighted by atomic mass is 16.5. The molecular weight excluding hydrogens is 116 g/mol. The largest absolute Gasteiger partial charge is 0.382 e. The minimum atomic E-state index is 0.549. The summed E-state index contributed by atoms with van der Waals surface area (Å²) in [5.74, 6) is 0. The van der Waals surface area contributed by atoms with Crippen LogP contribution in [0.2, 0.25) is 0 Å². The Morgan fingerprint density at radius 1 is 1.44 bits per heavy atom. The molecule has 53 valence electrons. The Bertz CT molecular complexity index is 61.9. The van der Waals surface area contributed by atoms with Gasteiger partial charge in [0.25, 0.3) is 0 Å². The second kappa shape index (κ2) is 7.63. The van der Waals surface area contributed by atoms with E-state index >= 15 is 0 Å². The fraction of sp³-hybridized carbons (Fsp3) is 0.857. The Morgan fingerprint density at radius 3 is 2.78 bits per heavy atom. The molecule has 0 bridgehead atoms. The molecule has 0 heterocycles. The molecule has 0 aliphatic rings. The van der Waals surface area contributed by atoms with Gasteiger partial charge in [-0.1, -0.05) is 0 Å². The lowest BCUT2D eigenvalue weighted by Crippen LogP contribution is -1.92. The summed E-state index contributed by atoms with van der Waals surface area (Å²) in [6.07, 6.45) is 4.27. The Labute approximate surface area is 56.2 Å². The molecule has 0 amide bonds. The van der Waals surface area contributed by atoms with Crippen molar-refractivity contribution in [1.29, 1.82) is 0 Å². The molecular formula is C7H13O2. The summed E-state index contributed by atoms with van der Waals surface area (Å²) in [6, 6.07) is 0. The van der Waals surface area contributed by atoms with Crippen LogP contribution in [0.15, 0.2) is 0 Å². The van der Waals surface area contributed by atoms with Crippen LogP contribution in [-0.2, 0) is 9.53 Å². The molecule has 0 aliphatic heterocycles. The lowest BCUT2D eigenvalue weighted by atomic mass is 10.3. The first-order chi connectivity index (χ1) is 4.41. The van der Waals surface area contributed by atoms with E-state index in [9.17, 15) is 4.79 Å². The number of hydrogen-bond donors (Lipinski definition) is 0. The molecule has 0 unspecified atom stereocenters. The van der Waals surface area contributed by atoms with Gasteiger partial charge in [0.1, 0.15) is 0 Å². The van der Waals surface area contributed by atoms with Gasteiger partial charge in [-0.05, 0) is 19.8 Å². The van der Waals surface area contributed by atoms with Gasteiger partial charge >= 0.3 is 0 Å². The fourth-order valence-corrected chi connectivity index (χ4v) is 0.546. The van der Waals surface area contributed by atoms with Crippen LogP contribution in [-0.4, -0.2) is 19.5 Å². The lowest BCUT2D eigenvalue weighted by Gasteiger charge is -1.96. The SMILES string of the molecule is CCOCCCC[C]=O. The average Bonchev–Trinajstić information content (AvgIpc) is 1.89. The molecule has 0 rings (SSSR count). The third-order valence-corrected chi connectivity index (χ3v) is 1.02. The van der Waals surface area contributed by atoms with Crippen LogP contribution in [0.4, 0.5) is 0 Å². The first kappa shape index (κ1) is 8.63. The van der Waals surface area contributed by atoms with Crippen molar-refractivity contribution in [2.45, 2.75) is 26.2 Å². The van der Waals surface area contributed by atoms with Gasteiger partial charge in [-0.25, -0.2) is 0 Å². The van der Waals surface area contributed by atoms with Crippen molar-refractivity contribution >= 4 is 6.29 Å². The molecule has 0 saturated heterocycles. The monoisotopic (exact) mass is 129 g/mol. The molecule has 0 aromatic carbocycles. The summed E-state index contributed by atoms with van der Waals surface area (Å²) in [4.78, 5) is 9.67. The van der Waals surface area contributed by atoms with Crippen molar-refractivity contribution in [2.24, 2.45) is 0 Å². The summed E-state index contributed by atoms with van der Waals surface area (Å²) in [5, 5.41) is 0. The smallest absolute Gasteiger partial charge is 0.198 e. The van der Waals surface area contributed by atoms with Crippen LogP contribution in [0.1, 0.15) is 26.2 Å². The van der Waals surface area contributed by atoms with Crippen molar-refractivity contribution in [2.75, 3.05) is 13.2 Å². The molecule has 0 atom stereocenters.